The molecule has 0 saturated carbocycles. The molecule has 5 heteroatoms. The second kappa shape index (κ2) is 7.15. The van der Waals surface area contributed by atoms with Crippen molar-refractivity contribution >= 4 is 16.8 Å². The maximum atomic E-state index is 12.3. The number of carbonyl (C=O) groups is 1. The predicted octanol–water partition coefficient (Wildman–Crippen LogP) is 1.75. The standard InChI is InChI=1S/C18H25N3O2/c1-13-15(8-9-19)16-6-2-3-7-17(16)21(13)12-18(22)20-11-14-5-4-10-23-14/h2-3,6-7,14H,4-5,8-12,19H2,1H3,(H,20,22). The first-order chi connectivity index (χ1) is 11.2. The highest BCUT2D eigenvalue weighted by atomic mass is 16.5. The highest BCUT2D eigenvalue weighted by Gasteiger charge is 2.18. The molecule has 1 atom stereocenters. The number of amides is 1. The summed E-state index contributed by atoms with van der Waals surface area (Å²) >= 11 is 0. The molecule has 5 nitrogen and oxygen atoms in total. The Hall–Kier alpha value is -1.85. The van der Waals surface area contributed by atoms with Crippen LogP contribution in [0.4, 0.5) is 0 Å². The highest BCUT2D eigenvalue weighted by Crippen LogP contribution is 2.26. The largest absolute Gasteiger partial charge is 0.376 e. The van der Waals surface area contributed by atoms with Gasteiger partial charge < -0.3 is 20.4 Å². The van der Waals surface area contributed by atoms with Gasteiger partial charge in [-0.1, -0.05) is 18.2 Å². The van der Waals surface area contributed by atoms with Crippen LogP contribution in [0.15, 0.2) is 24.3 Å². The predicted molar refractivity (Wildman–Crippen MR) is 91.4 cm³/mol. The number of carbonyl (C=O) groups excluding carboxylic acids is 1. The molecule has 1 saturated heterocycles. The normalized spacial score (nSPS) is 17.7. The van der Waals surface area contributed by atoms with E-state index in [0.29, 0.717) is 19.6 Å². The summed E-state index contributed by atoms with van der Waals surface area (Å²) in [5, 5.41) is 4.19. The fourth-order valence-corrected chi connectivity index (χ4v) is 3.40. The van der Waals surface area contributed by atoms with Crippen molar-refractivity contribution in [1.29, 1.82) is 0 Å². The lowest BCUT2D eigenvalue weighted by molar-refractivity contribution is -0.122. The van der Waals surface area contributed by atoms with E-state index >= 15 is 0 Å². The number of fused-ring (bicyclic) bond motifs is 1. The van der Waals surface area contributed by atoms with Crippen LogP contribution in [0.25, 0.3) is 10.9 Å². The maximum absolute atomic E-state index is 12.3. The molecule has 0 spiro atoms. The topological polar surface area (TPSA) is 69.3 Å². The van der Waals surface area contributed by atoms with Crippen LogP contribution in [0.2, 0.25) is 0 Å². The third-order valence-corrected chi connectivity index (χ3v) is 4.61. The van der Waals surface area contributed by atoms with Crippen LogP contribution in [0.3, 0.4) is 0 Å². The Morgan fingerprint density at radius 3 is 3.00 bits per heavy atom. The van der Waals surface area contributed by atoms with E-state index in [-0.39, 0.29) is 12.0 Å². The Balaban J connectivity index is 1.76. The molecule has 0 bridgehead atoms. The number of nitrogens with zero attached hydrogens (tertiary/aromatic N) is 1. The molecule has 3 N–H and O–H groups in total. The number of nitrogens with one attached hydrogen (secondary N) is 1. The molecular weight excluding hydrogens is 290 g/mol. The van der Waals surface area contributed by atoms with Crippen LogP contribution in [-0.4, -0.2) is 36.3 Å². The Kier molecular flexibility index (Phi) is 4.98. The van der Waals surface area contributed by atoms with E-state index in [1.807, 2.05) is 12.1 Å². The summed E-state index contributed by atoms with van der Waals surface area (Å²) in [6.45, 7) is 4.43. The average Bonchev–Trinajstić information content (AvgIpc) is 3.16. The van der Waals surface area contributed by atoms with Gasteiger partial charge >= 0.3 is 0 Å². The molecule has 1 aromatic heterocycles. The monoisotopic (exact) mass is 315 g/mol. The Labute approximate surface area is 136 Å². The van der Waals surface area contributed by atoms with Gasteiger partial charge in [0.25, 0.3) is 0 Å². The molecule has 2 aromatic rings. The van der Waals surface area contributed by atoms with E-state index in [2.05, 4.69) is 28.9 Å². The van der Waals surface area contributed by atoms with Gasteiger partial charge in [0.2, 0.25) is 5.91 Å². The molecule has 1 amide bonds. The van der Waals surface area contributed by atoms with Crippen LogP contribution in [0, 0.1) is 6.92 Å². The van der Waals surface area contributed by atoms with Gasteiger partial charge in [0, 0.05) is 29.7 Å². The number of nitrogens with two attached hydrogens (primary N) is 1. The lowest BCUT2D eigenvalue weighted by Gasteiger charge is -2.13. The van der Waals surface area contributed by atoms with E-state index in [9.17, 15) is 4.79 Å². The minimum absolute atomic E-state index is 0.0312. The Morgan fingerprint density at radius 2 is 2.26 bits per heavy atom. The molecule has 23 heavy (non-hydrogen) atoms. The first kappa shape index (κ1) is 16.0. The minimum atomic E-state index is 0.0312. The van der Waals surface area contributed by atoms with Crippen molar-refractivity contribution in [3.63, 3.8) is 0 Å². The minimum Gasteiger partial charge on any atom is -0.376 e. The van der Waals surface area contributed by atoms with E-state index in [1.165, 1.54) is 10.9 Å². The SMILES string of the molecule is Cc1c(CCN)c2ccccc2n1CC(=O)NCC1CCCO1. The van der Waals surface area contributed by atoms with Crippen molar-refractivity contribution in [2.45, 2.75) is 38.8 Å². The molecule has 124 valence electrons. The summed E-state index contributed by atoms with van der Waals surface area (Å²) in [4.78, 5) is 12.3. The summed E-state index contributed by atoms with van der Waals surface area (Å²) < 4.78 is 7.64. The van der Waals surface area contributed by atoms with Crippen molar-refractivity contribution in [3.05, 3.63) is 35.5 Å². The second-order valence-electron chi connectivity index (χ2n) is 6.15. The molecule has 1 aliphatic heterocycles. The zero-order valence-corrected chi connectivity index (χ0v) is 13.7. The molecule has 1 aliphatic rings. The van der Waals surface area contributed by atoms with Gasteiger partial charge in [0.1, 0.15) is 6.54 Å². The molecule has 1 fully saturated rings. The number of aromatic nitrogens is 1. The third-order valence-electron chi connectivity index (χ3n) is 4.61. The zero-order chi connectivity index (χ0) is 16.2. The summed E-state index contributed by atoms with van der Waals surface area (Å²) in [6.07, 6.45) is 3.13. The van der Waals surface area contributed by atoms with Crippen LogP contribution in [-0.2, 0) is 22.5 Å². The summed E-state index contributed by atoms with van der Waals surface area (Å²) in [5.74, 6) is 0.0312. The lowest BCUT2D eigenvalue weighted by atomic mass is 10.1. The summed E-state index contributed by atoms with van der Waals surface area (Å²) in [6, 6.07) is 8.21. The molecule has 1 aromatic carbocycles. The van der Waals surface area contributed by atoms with Crippen LogP contribution in [0.1, 0.15) is 24.1 Å². The Bertz CT molecular complexity index is 687. The van der Waals surface area contributed by atoms with Crippen molar-refractivity contribution in [1.82, 2.24) is 9.88 Å². The van der Waals surface area contributed by atoms with E-state index < -0.39 is 0 Å². The number of hydrogen-bond donors (Lipinski definition) is 2. The number of rotatable bonds is 6. The average molecular weight is 315 g/mol. The molecule has 1 unspecified atom stereocenters. The van der Waals surface area contributed by atoms with Gasteiger partial charge in [-0.2, -0.15) is 0 Å². The van der Waals surface area contributed by atoms with Crippen molar-refractivity contribution in [3.8, 4) is 0 Å². The molecule has 3 rings (SSSR count). The van der Waals surface area contributed by atoms with Gasteiger partial charge in [0.15, 0.2) is 0 Å². The van der Waals surface area contributed by atoms with Gasteiger partial charge in [-0.05, 0) is 44.4 Å². The van der Waals surface area contributed by atoms with Gasteiger partial charge in [0.05, 0.1) is 6.10 Å². The first-order valence-electron chi connectivity index (χ1n) is 8.35. The second-order valence-corrected chi connectivity index (χ2v) is 6.15. The van der Waals surface area contributed by atoms with Crippen molar-refractivity contribution in [2.75, 3.05) is 19.7 Å². The fraction of sp³-hybridized carbons (Fsp3) is 0.500. The van der Waals surface area contributed by atoms with E-state index in [1.54, 1.807) is 0 Å². The molecular formula is C18H25N3O2. The van der Waals surface area contributed by atoms with Crippen LogP contribution < -0.4 is 11.1 Å². The smallest absolute Gasteiger partial charge is 0.240 e. The zero-order valence-electron chi connectivity index (χ0n) is 13.7. The number of para-hydroxylation sites is 1. The molecule has 0 radical (unpaired) electrons. The third kappa shape index (κ3) is 3.41. The van der Waals surface area contributed by atoms with Crippen molar-refractivity contribution in [2.24, 2.45) is 5.73 Å². The van der Waals surface area contributed by atoms with Gasteiger partial charge in [-0.3, -0.25) is 4.79 Å². The molecule has 2 heterocycles. The quantitative estimate of drug-likeness (QED) is 0.853. The van der Waals surface area contributed by atoms with Crippen molar-refractivity contribution < 1.29 is 9.53 Å². The Morgan fingerprint density at radius 1 is 1.43 bits per heavy atom. The highest BCUT2D eigenvalue weighted by molar-refractivity contribution is 5.87. The van der Waals surface area contributed by atoms with Crippen LogP contribution >= 0.6 is 0 Å². The van der Waals surface area contributed by atoms with Gasteiger partial charge in [-0.15, -0.1) is 0 Å². The summed E-state index contributed by atoms with van der Waals surface area (Å²) in [5.41, 5.74) is 9.22. The number of benzene rings is 1. The number of ether oxygens (including phenoxy) is 1. The maximum Gasteiger partial charge on any atom is 0.240 e. The van der Waals surface area contributed by atoms with Crippen LogP contribution in [0.5, 0.6) is 0 Å². The molecule has 0 aliphatic carbocycles. The van der Waals surface area contributed by atoms with E-state index in [4.69, 9.17) is 10.5 Å². The lowest BCUT2D eigenvalue weighted by Crippen LogP contribution is -2.34. The summed E-state index contributed by atoms with van der Waals surface area (Å²) in [7, 11) is 0. The number of hydrogen-bond acceptors (Lipinski definition) is 3. The first-order valence-corrected chi connectivity index (χ1v) is 8.35. The fourth-order valence-electron chi connectivity index (χ4n) is 3.40. The van der Waals surface area contributed by atoms with Gasteiger partial charge in [-0.25, -0.2) is 0 Å². The van der Waals surface area contributed by atoms with E-state index in [0.717, 1.165) is 37.1 Å².